The highest BCUT2D eigenvalue weighted by Gasteiger charge is 2.13. The van der Waals surface area contributed by atoms with Gasteiger partial charge in [-0.05, 0) is 12.1 Å². The lowest BCUT2D eigenvalue weighted by Crippen LogP contribution is -2.07. The molecule has 0 spiro atoms. The van der Waals surface area contributed by atoms with Crippen molar-refractivity contribution in [2.24, 2.45) is 0 Å². The summed E-state index contributed by atoms with van der Waals surface area (Å²) >= 11 is 0. The van der Waals surface area contributed by atoms with Gasteiger partial charge in [0.2, 0.25) is 6.29 Å². The Hall–Kier alpha value is -1.92. The summed E-state index contributed by atoms with van der Waals surface area (Å²) in [6, 6.07) is 3.46. The first-order valence-corrected chi connectivity index (χ1v) is 5.01. The molecular formula is C11H12N4O2. The number of hydrogen-bond donors (Lipinski definition) is 0. The standard InChI is InChI=1S/C11H12N4O2/c1-16-11(17-2)8-4-7-14-10(15-8)9-12-5-3-6-13-9/h3-7,11H,1-2H3. The quantitative estimate of drug-likeness (QED) is 0.738. The van der Waals surface area contributed by atoms with Gasteiger partial charge in [0.25, 0.3) is 0 Å². The van der Waals surface area contributed by atoms with Crippen LogP contribution in [-0.4, -0.2) is 34.2 Å². The number of nitrogens with zero attached hydrogens (tertiary/aromatic N) is 4. The molecule has 0 unspecified atom stereocenters. The summed E-state index contributed by atoms with van der Waals surface area (Å²) in [5.74, 6) is 0.919. The molecule has 6 heteroatoms. The van der Waals surface area contributed by atoms with Gasteiger partial charge >= 0.3 is 0 Å². The SMILES string of the molecule is COC(OC)c1ccnc(-c2ncccn2)n1. The molecule has 0 N–H and O–H groups in total. The first-order valence-electron chi connectivity index (χ1n) is 5.01. The van der Waals surface area contributed by atoms with E-state index < -0.39 is 6.29 Å². The largest absolute Gasteiger partial charge is 0.350 e. The number of ether oxygens (including phenoxy) is 2. The Labute approximate surface area is 98.7 Å². The van der Waals surface area contributed by atoms with Crippen LogP contribution in [0.5, 0.6) is 0 Å². The molecule has 0 bridgehead atoms. The molecule has 2 aromatic heterocycles. The van der Waals surface area contributed by atoms with Crippen molar-refractivity contribution in [3.05, 3.63) is 36.4 Å². The molecule has 0 aliphatic heterocycles. The topological polar surface area (TPSA) is 70.0 Å². The van der Waals surface area contributed by atoms with Crippen molar-refractivity contribution >= 4 is 0 Å². The van der Waals surface area contributed by atoms with Gasteiger partial charge in [0.05, 0.1) is 0 Å². The molecule has 2 aromatic rings. The Morgan fingerprint density at radius 1 is 0.941 bits per heavy atom. The second-order valence-corrected chi connectivity index (χ2v) is 3.18. The van der Waals surface area contributed by atoms with E-state index in [2.05, 4.69) is 19.9 Å². The molecule has 0 saturated heterocycles. The maximum absolute atomic E-state index is 5.12. The van der Waals surface area contributed by atoms with Gasteiger partial charge in [-0.3, -0.25) is 0 Å². The summed E-state index contributed by atoms with van der Waals surface area (Å²) in [4.78, 5) is 16.6. The molecule has 0 saturated carbocycles. The Morgan fingerprint density at radius 2 is 1.59 bits per heavy atom. The third kappa shape index (κ3) is 2.61. The smallest absolute Gasteiger partial charge is 0.200 e. The van der Waals surface area contributed by atoms with E-state index in [4.69, 9.17) is 9.47 Å². The first-order chi connectivity index (χ1) is 8.35. The van der Waals surface area contributed by atoms with Crippen LogP contribution < -0.4 is 0 Å². The Kier molecular flexibility index (Phi) is 3.69. The van der Waals surface area contributed by atoms with Gasteiger partial charge in [-0.1, -0.05) is 0 Å². The second kappa shape index (κ2) is 5.42. The van der Waals surface area contributed by atoms with Crippen molar-refractivity contribution in [2.45, 2.75) is 6.29 Å². The van der Waals surface area contributed by atoms with Crippen LogP contribution in [0.15, 0.2) is 30.7 Å². The van der Waals surface area contributed by atoms with E-state index in [1.54, 1.807) is 44.9 Å². The fraction of sp³-hybridized carbons (Fsp3) is 0.273. The number of rotatable bonds is 4. The molecule has 2 rings (SSSR count). The van der Waals surface area contributed by atoms with E-state index >= 15 is 0 Å². The number of methoxy groups -OCH3 is 2. The molecule has 6 nitrogen and oxygen atoms in total. The van der Waals surface area contributed by atoms with Crippen LogP contribution >= 0.6 is 0 Å². The predicted octanol–water partition coefficient (Wildman–Crippen LogP) is 1.22. The van der Waals surface area contributed by atoms with Gasteiger partial charge in [0.1, 0.15) is 5.69 Å². The average molecular weight is 232 g/mol. The monoisotopic (exact) mass is 232 g/mol. The molecule has 2 heterocycles. The minimum absolute atomic E-state index is 0.446. The molecule has 0 aliphatic rings. The van der Waals surface area contributed by atoms with Gasteiger partial charge in [-0.25, -0.2) is 19.9 Å². The molecule has 88 valence electrons. The van der Waals surface area contributed by atoms with Crippen molar-refractivity contribution in [1.82, 2.24) is 19.9 Å². The van der Waals surface area contributed by atoms with Gasteiger partial charge in [0.15, 0.2) is 11.6 Å². The van der Waals surface area contributed by atoms with Crippen molar-refractivity contribution < 1.29 is 9.47 Å². The third-order valence-electron chi connectivity index (χ3n) is 2.11. The summed E-state index contributed by atoms with van der Waals surface area (Å²) in [5.41, 5.74) is 0.632. The van der Waals surface area contributed by atoms with Crippen LogP contribution in [0.4, 0.5) is 0 Å². The molecular weight excluding hydrogens is 220 g/mol. The van der Waals surface area contributed by atoms with Crippen molar-refractivity contribution in [3.63, 3.8) is 0 Å². The maximum Gasteiger partial charge on any atom is 0.200 e. The maximum atomic E-state index is 5.12. The average Bonchev–Trinajstić information content (AvgIpc) is 2.42. The Morgan fingerprint density at radius 3 is 2.24 bits per heavy atom. The minimum Gasteiger partial charge on any atom is -0.350 e. The van der Waals surface area contributed by atoms with Gasteiger partial charge < -0.3 is 9.47 Å². The highest BCUT2D eigenvalue weighted by atomic mass is 16.7. The van der Waals surface area contributed by atoms with Crippen LogP contribution in [0.25, 0.3) is 11.6 Å². The second-order valence-electron chi connectivity index (χ2n) is 3.18. The number of hydrogen-bond acceptors (Lipinski definition) is 6. The van der Waals surface area contributed by atoms with Crippen LogP contribution in [-0.2, 0) is 9.47 Å². The summed E-state index contributed by atoms with van der Waals surface area (Å²) in [6.07, 6.45) is 4.39. The van der Waals surface area contributed by atoms with E-state index in [1.165, 1.54) is 0 Å². The van der Waals surface area contributed by atoms with E-state index in [0.717, 1.165) is 0 Å². The first kappa shape index (κ1) is 11.6. The van der Waals surface area contributed by atoms with Gasteiger partial charge in [-0.2, -0.15) is 0 Å². The van der Waals surface area contributed by atoms with Crippen molar-refractivity contribution in [2.75, 3.05) is 14.2 Å². The van der Waals surface area contributed by atoms with Gasteiger partial charge in [0, 0.05) is 32.8 Å². The summed E-state index contributed by atoms with van der Waals surface area (Å²) < 4.78 is 10.2. The fourth-order valence-electron chi connectivity index (χ4n) is 1.36. The van der Waals surface area contributed by atoms with Crippen LogP contribution in [0.1, 0.15) is 12.0 Å². The van der Waals surface area contributed by atoms with E-state index in [0.29, 0.717) is 17.3 Å². The molecule has 0 fully saturated rings. The van der Waals surface area contributed by atoms with E-state index in [1.807, 2.05) is 0 Å². The molecule has 0 radical (unpaired) electrons. The highest BCUT2D eigenvalue weighted by molar-refractivity contribution is 5.41. The van der Waals surface area contributed by atoms with Gasteiger partial charge in [-0.15, -0.1) is 0 Å². The normalized spacial score (nSPS) is 10.8. The van der Waals surface area contributed by atoms with Crippen molar-refractivity contribution in [1.29, 1.82) is 0 Å². The van der Waals surface area contributed by atoms with E-state index in [9.17, 15) is 0 Å². The fourth-order valence-corrected chi connectivity index (χ4v) is 1.36. The third-order valence-corrected chi connectivity index (χ3v) is 2.11. The van der Waals surface area contributed by atoms with Crippen LogP contribution in [0.2, 0.25) is 0 Å². The zero-order valence-electron chi connectivity index (χ0n) is 9.57. The molecule has 17 heavy (non-hydrogen) atoms. The molecule has 0 aliphatic carbocycles. The summed E-state index contributed by atoms with van der Waals surface area (Å²) in [6.45, 7) is 0. The van der Waals surface area contributed by atoms with E-state index in [-0.39, 0.29) is 0 Å². The van der Waals surface area contributed by atoms with Crippen LogP contribution in [0, 0.1) is 0 Å². The Balaban J connectivity index is 2.35. The lowest BCUT2D eigenvalue weighted by Gasteiger charge is -2.12. The summed E-state index contributed by atoms with van der Waals surface area (Å²) in [5, 5.41) is 0. The predicted molar refractivity (Wildman–Crippen MR) is 59.8 cm³/mol. The molecule has 0 amide bonds. The highest BCUT2D eigenvalue weighted by Crippen LogP contribution is 2.16. The zero-order valence-corrected chi connectivity index (χ0v) is 9.57. The molecule has 0 atom stereocenters. The molecule has 0 aromatic carbocycles. The zero-order chi connectivity index (χ0) is 12.1. The van der Waals surface area contributed by atoms with Crippen LogP contribution in [0.3, 0.4) is 0 Å². The lowest BCUT2D eigenvalue weighted by atomic mass is 10.3. The lowest BCUT2D eigenvalue weighted by molar-refractivity contribution is -0.108. The Bertz CT molecular complexity index is 474. The minimum atomic E-state index is -0.513. The summed E-state index contributed by atoms with van der Waals surface area (Å²) in [7, 11) is 3.10. The number of aromatic nitrogens is 4. The van der Waals surface area contributed by atoms with Crippen molar-refractivity contribution in [3.8, 4) is 11.6 Å².